The Bertz CT molecular complexity index is 440. The van der Waals surface area contributed by atoms with Gasteiger partial charge in [0.25, 0.3) is 0 Å². The molecule has 2 aliphatic rings. The molecule has 0 saturated carbocycles. The maximum absolute atomic E-state index is 5.80. The molecular weight excluding hydrogens is 316 g/mol. The summed E-state index contributed by atoms with van der Waals surface area (Å²) >= 11 is 3.54. The van der Waals surface area contributed by atoms with Crippen molar-refractivity contribution in [2.45, 2.75) is 12.3 Å². The highest BCUT2D eigenvalue weighted by Crippen LogP contribution is 2.33. The van der Waals surface area contributed by atoms with Crippen molar-refractivity contribution in [3.05, 3.63) is 29.8 Å². The predicted molar refractivity (Wildman–Crippen MR) is 86.0 cm³/mol. The number of nitrogens with zero attached hydrogens (tertiary/aromatic N) is 2. The summed E-state index contributed by atoms with van der Waals surface area (Å²) in [6.45, 7) is 7.99. The molecule has 0 radical (unpaired) electrons. The van der Waals surface area contributed by atoms with Crippen LogP contribution >= 0.6 is 15.9 Å². The van der Waals surface area contributed by atoms with E-state index < -0.39 is 0 Å². The largest absolute Gasteiger partial charge is 0.493 e. The van der Waals surface area contributed by atoms with E-state index in [9.17, 15) is 0 Å². The molecule has 1 atom stereocenters. The van der Waals surface area contributed by atoms with Gasteiger partial charge in [-0.25, -0.2) is 0 Å². The summed E-state index contributed by atoms with van der Waals surface area (Å²) in [7, 11) is 0. The van der Waals surface area contributed by atoms with Crippen LogP contribution in [-0.2, 0) is 0 Å². The molecule has 1 fully saturated rings. The highest BCUT2D eigenvalue weighted by atomic mass is 79.9. The molecule has 20 heavy (non-hydrogen) atoms. The van der Waals surface area contributed by atoms with Crippen molar-refractivity contribution < 1.29 is 4.74 Å². The minimum absolute atomic E-state index is 0.550. The second-order valence-corrected chi connectivity index (χ2v) is 6.52. The molecule has 0 aliphatic carbocycles. The van der Waals surface area contributed by atoms with Gasteiger partial charge >= 0.3 is 0 Å². The van der Waals surface area contributed by atoms with Crippen LogP contribution in [0.2, 0.25) is 0 Å². The number of fused-ring (bicyclic) bond motifs is 1. The minimum Gasteiger partial charge on any atom is -0.493 e. The summed E-state index contributed by atoms with van der Waals surface area (Å²) < 4.78 is 5.80. The van der Waals surface area contributed by atoms with E-state index in [1.807, 2.05) is 0 Å². The van der Waals surface area contributed by atoms with Crippen molar-refractivity contribution >= 4 is 15.9 Å². The van der Waals surface area contributed by atoms with Gasteiger partial charge in [-0.3, -0.25) is 0 Å². The fraction of sp³-hybridized carbons (Fsp3) is 0.625. The van der Waals surface area contributed by atoms with Crippen molar-refractivity contribution in [1.82, 2.24) is 9.80 Å². The molecule has 1 aromatic carbocycles. The Labute approximate surface area is 130 Å². The number of hydrogen-bond acceptors (Lipinski definition) is 3. The van der Waals surface area contributed by atoms with E-state index in [-0.39, 0.29) is 0 Å². The van der Waals surface area contributed by atoms with Crippen molar-refractivity contribution in [2.24, 2.45) is 0 Å². The first-order chi connectivity index (χ1) is 9.86. The molecule has 3 nitrogen and oxygen atoms in total. The van der Waals surface area contributed by atoms with E-state index in [0.717, 1.165) is 24.2 Å². The maximum Gasteiger partial charge on any atom is 0.122 e. The number of para-hydroxylation sites is 1. The number of benzene rings is 1. The number of hydrogen-bond donors (Lipinski definition) is 0. The Morgan fingerprint density at radius 2 is 1.90 bits per heavy atom. The molecule has 1 unspecified atom stereocenters. The van der Waals surface area contributed by atoms with Gasteiger partial charge in [-0.15, -0.1) is 0 Å². The molecule has 0 bridgehead atoms. The van der Waals surface area contributed by atoms with Gasteiger partial charge in [0.2, 0.25) is 0 Å². The minimum atomic E-state index is 0.550. The van der Waals surface area contributed by atoms with Gasteiger partial charge in [-0.2, -0.15) is 0 Å². The quantitative estimate of drug-likeness (QED) is 0.784. The number of rotatable bonds is 4. The summed E-state index contributed by atoms with van der Waals surface area (Å²) in [5.74, 6) is 1.64. The standard InChI is InChI=1S/C16H23BrN2O/c17-6-9-18-7-3-8-19(11-10-18)12-14-13-20-16-5-2-1-4-15(14)16/h1-2,4-5,14H,3,6-13H2. The fourth-order valence-electron chi connectivity index (χ4n) is 3.24. The van der Waals surface area contributed by atoms with Crippen LogP contribution in [0.25, 0.3) is 0 Å². The average Bonchev–Trinajstić information content (AvgIpc) is 2.74. The second-order valence-electron chi connectivity index (χ2n) is 5.73. The van der Waals surface area contributed by atoms with Crippen LogP contribution in [0, 0.1) is 0 Å². The van der Waals surface area contributed by atoms with E-state index in [1.54, 1.807) is 0 Å². The van der Waals surface area contributed by atoms with E-state index in [0.29, 0.717) is 5.92 Å². The van der Waals surface area contributed by atoms with Crippen LogP contribution in [0.3, 0.4) is 0 Å². The maximum atomic E-state index is 5.80. The molecule has 1 saturated heterocycles. The van der Waals surface area contributed by atoms with E-state index in [1.165, 1.54) is 44.7 Å². The molecule has 0 spiro atoms. The monoisotopic (exact) mass is 338 g/mol. The summed E-state index contributed by atoms with van der Waals surface area (Å²) in [4.78, 5) is 5.18. The summed E-state index contributed by atoms with van der Waals surface area (Å²) in [6, 6.07) is 8.50. The van der Waals surface area contributed by atoms with Crippen molar-refractivity contribution in [1.29, 1.82) is 0 Å². The van der Waals surface area contributed by atoms with Gasteiger partial charge in [0, 0.05) is 43.0 Å². The molecule has 2 aliphatic heterocycles. The van der Waals surface area contributed by atoms with Gasteiger partial charge < -0.3 is 14.5 Å². The smallest absolute Gasteiger partial charge is 0.122 e. The van der Waals surface area contributed by atoms with Crippen LogP contribution in [-0.4, -0.2) is 61.0 Å². The average molecular weight is 339 g/mol. The molecule has 0 aromatic heterocycles. The fourth-order valence-corrected chi connectivity index (χ4v) is 3.74. The Morgan fingerprint density at radius 1 is 1.10 bits per heavy atom. The third-order valence-corrected chi connectivity index (χ3v) is 4.71. The van der Waals surface area contributed by atoms with E-state index in [2.05, 4.69) is 50.0 Å². The molecule has 0 N–H and O–H groups in total. The zero-order valence-corrected chi connectivity index (χ0v) is 13.5. The zero-order chi connectivity index (χ0) is 13.8. The van der Waals surface area contributed by atoms with Gasteiger partial charge in [-0.05, 0) is 25.6 Å². The van der Waals surface area contributed by atoms with Gasteiger partial charge in [-0.1, -0.05) is 34.1 Å². The first kappa shape index (κ1) is 14.4. The third kappa shape index (κ3) is 3.35. The highest BCUT2D eigenvalue weighted by Gasteiger charge is 2.26. The number of alkyl halides is 1. The number of ether oxygens (including phenoxy) is 1. The van der Waals surface area contributed by atoms with Gasteiger partial charge in [0.15, 0.2) is 0 Å². The lowest BCUT2D eigenvalue weighted by atomic mass is 10.0. The van der Waals surface area contributed by atoms with Crippen LogP contribution in [0.5, 0.6) is 5.75 Å². The molecular formula is C16H23BrN2O. The van der Waals surface area contributed by atoms with Crippen LogP contribution in [0.15, 0.2) is 24.3 Å². The molecule has 2 heterocycles. The summed E-state index contributed by atoms with van der Waals surface area (Å²) in [5, 5.41) is 1.08. The Balaban J connectivity index is 1.56. The third-order valence-electron chi connectivity index (χ3n) is 4.36. The normalized spacial score (nSPS) is 24.1. The zero-order valence-electron chi connectivity index (χ0n) is 11.9. The highest BCUT2D eigenvalue weighted by molar-refractivity contribution is 9.09. The first-order valence-electron chi connectivity index (χ1n) is 7.59. The topological polar surface area (TPSA) is 15.7 Å². The lowest BCUT2D eigenvalue weighted by molar-refractivity contribution is 0.232. The summed E-state index contributed by atoms with van der Waals surface area (Å²) in [5.41, 5.74) is 1.40. The molecule has 0 amide bonds. The van der Waals surface area contributed by atoms with Crippen LogP contribution in [0.1, 0.15) is 17.9 Å². The van der Waals surface area contributed by atoms with E-state index >= 15 is 0 Å². The molecule has 4 heteroatoms. The molecule has 3 rings (SSSR count). The van der Waals surface area contributed by atoms with Gasteiger partial charge in [0.1, 0.15) is 5.75 Å². The SMILES string of the molecule is BrCCN1CCCN(CC2COc3ccccc32)CC1. The predicted octanol–water partition coefficient (Wildman–Crippen LogP) is 2.57. The summed E-state index contributed by atoms with van der Waals surface area (Å²) in [6.07, 6.45) is 1.28. The lowest BCUT2D eigenvalue weighted by Crippen LogP contribution is -2.34. The molecule has 1 aromatic rings. The van der Waals surface area contributed by atoms with Crippen LogP contribution in [0.4, 0.5) is 0 Å². The van der Waals surface area contributed by atoms with Crippen molar-refractivity contribution in [2.75, 3.05) is 51.2 Å². The Kier molecular flexibility index (Phi) is 4.97. The Hall–Kier alpha value is -0.580. The van der Waals surface area contributed by atoms with Crippen molar-refractivity contribution in [3.8, 4) is 5.75 Å². The van der Waals surface area contributed by atoms with Crippen molar-refractivity contribution in [3.63, 3.8) is 0 Å². The number of halogens is 1. The lowest BCUT2D eigenvalue weighted by Gasteiger charge is -2.23. The second kappa shape index (κ2) is 6.92. The van der Waals surface area contributed by atoms with E-state index in [4.69, 9.17) is 4.74 Å². The van der Waals surface area contributed by atoms with Crippen LogP contribution < -0.4 is 4.74 Å². The molecule has 110 valence electrons. The first-order valence-corrected chi connectivity index (χ1v) is 8.71. The van der Waals surface area contributed by atoms with Gasteiger partial charge in [0.05, 0.1) is 6.61 Å². The Morgan fingerprint density at radius 3 is 2.80 bits per heavy atom.